The number of hydrogen-bond donors (Lipinski definition) is 1. The highest BCUT2D eigenvalue weighted by Crippen LogP contribution is 2.32. The number of thioether (sulfide) groups is 1. The minimum Gasteiger partial charge on any atom is -0.497 e. The van der Waals surface area contributed by atoms with E-state index in [1.807, 2.05) is 42.5 Å². The molecule has 0 saturated carbocycles. The van der Waals surface area contributed by atoms with Gasteiger partial charge in [0.1, 0.15) is 10.1 Å². The van der Waals surface area contributed by atoms with Crippen LogP contribution in [0.5, 0.6) is 5.75 Å². The van der Waals surface area contributed by atoms with Crippen LogP contribution in [0.15, 0.2) is 53.4 Å². The highest BCUT2D eigenvalue weighted by molar-refractivity contribution is 8.26. The van der Waals surface area contributed by atoms with Gasteiger partial charge in [-0.1, -0.05) is 47.7 Å². The summed E-state index contributed by atoms with van der Waals surface area (Å²) in [6.07, 6.45) is 1.80. The van der Waals surface area contributed by atoms with Gasteiger partial charge in [-0.15, -0.1) is 0 Å². The zero-order valence-corrected chi connectivity index (χ0v) is 15.8. The molecule has 1 aliphatic rings. The third-order valence-electron chi connectivity index (χ3n) is 3.55. The Bertz CT molecular complexity index is 837. The molecule has 1 N–H and O–H groups in total. The van der Waals surface area contributed by atoms with E-state index in [9.17, 15) is 4.79 Å². The molecule has 4 nitrogen and oxygen atoms in total. The Balaban J connectivity index is 1.68. The van der Waals surface area contributed by atoms with Crippen LogP contribution in [-0.4, -0.2) is 28.9 Å². The van der Waals surface area contributed by atoms with Crippen LogP contribution < -0.4 is 10.1 Å². The van der Waals surface area contributed by atoms with Crippen molar-refractivity contribution in [2.45, 2.75) is 0 Å². The van der Waals surface area contributed by atoms with Gasteiger partial charge in [0.2, 0.25) is 0 Å². The highest BCUT2D eigenvalue weighted by Gasteiger charge is 2.31. The van der Waals surface area contributed by atoms with E-state index in [4.69, 9.17) is 28.6 Å². The summed E-state index contributed by atoms with van der Waals surface area (Å²) in [5, 5.41) is 3.82. The summed E-state index contributed by atoms with van der Waals surface area (Å²) in [4.78, 5) is 14.7. The molecule has 0 aromatic heterocycles. The first-order valence-corrected chi connectivity index (χ1v) is 9.06. The van der Waals surface area contributed by atoms with Crippen molar-refractivity contribution in [2.24, 2.45) is 0 Å². The van der Waals surface area contributed by atoms with Crippen LogP contribution in [0.3, 0.4) is 0 Å². The van der Waals surface area contributed by atoms with Crippen molar-refractivity contribution < 1.29 is 9.53 Å². The topological polar surface area (TPSA) is 41.6 Å². The Labute approximate surface area is 160 Å². The molecule has 1 fully saturated rings. The van der Waals surface area contributed by atoms with Gasteiger partial charge in [-0.25, -0.2) is 0 Å². The lowest BCUT2D eigenvalue weighted by Crippen LogP contribution is -2.33. The van der Waals surface area contributed by atoms with Crippen molar-refractivity contribution in [3.05, 3.63) is 64.0 Å². The maximum Gasteiger partial charge on any atom is 0.267 e. The summed E-state index contributed by atoms with van der Waals surface area (Å²) < 4.78 is 5.65. The van der Waals surface area contributed by atoms with Gasteiger partial charge in [-0.2, -0.15) is 0 Å². The lowest BCUT2D eigenvalue weighted by molar-refractivity contribution is -0.121. The normalized spacial score (nSPS) is 15.8. The van der Waals surface area contributed by atoms with E-state index in [2.05, 4.69) is 5.32 Å². The minimum absolute atomic E-state index is 0.115. The van der Waals surface area contributed by atoms with Crippen LogP contribution in [0, 0.1) is 0 Å². The van der Waals surface area contributed by atoms with Crippen molar-refractivity contribution in [1.29, 1.82) is 0 Å². The summed E-state index contributed by atoms with van der Waals surface area (Å²) in [5.74, 6) is 0.664. The van der Waals surface area contributed by atoms with Gasteiger partial charge < -0.3 is 10.1 Å². The third kappa shape index (κ3) is 4.34. The first-order chi connectivity index (χ1) is 12.1. The predicted octanol–water partition coefficient (Wildman–Crippen LogP) is 4.62. The lowest BCUT2D eigenvalue weighted by atomic mass is 10.2. The molecule has 3 rings (SSSR count). The molecule has 1 amide bonds. The maximum absolute atomic E-state index is 12.6. The molecule has 0 spiro atoms. The van der Waals surface area contributed by atoms with E-state index in [-0.39, 0.29) is 5.91 Å². The molecule has 0 unspecified atom stereocenters. The molecule has 1 heterocycles. The van der Waals surface area contributed by atoms with Crippen LogP contribution >= 0.6 is 35.6 Å². The average molecular weight is 391 g/mol. The summed E-state index contributed by atoms with van der Waals surface area (Å²) in [6.45, 7) is 0.309. The van der Waals surface area contributed by atoms with E-state index >= 15 is 0 Å². The lowest BCUT2D eigenvalue weighted by Gasteiger charge is -2.16. The number of carbonyl (C=O) groups is 1. The smallest absolute Gasteiger partial charge is 0.267 e. The third-order valence-corrected chi connectivity index (χ3v) is 5.16. The van der Waals surface area contributed by atoms with Crippen LogP contribution in [-0.2, 0) is 4.79 Å². The zero-order valence-electron chi connectivity index (χ0n) is 13.4. The quantitative estimate of drug-likeness (QED) is 0.596. The second-order valence-electron chi connectivity index (χ2n) is 5.23. The van der Waals surface area contributed by atoms with Gasteiger partial charge in [-0.05, 0) is 48.0 Å². The maximum atomic E-state index is 12.6. The van der Waals surface area contributed by atoms with Crippen LogP contribution in [0.1, 0.15) is 5.56 Å². The molecule has 25 heavy (non-hydrogen) atoms. The van der Waals surface area contributed by atoms with Gasteiger partial charge >= 0.3 is 0 Å². The molecule has 2 aromatic rings. The monoisotopic (exact) mass is 390 g/mol. The molecule has 7 heteroatoms. The Kier molecular flexibility index (Phi) is 5.63. The number of carbonyl (C=O) groups excluding carboxylic acids is 1. The van der Waals surface area contributed by atoms with E-state index < -0.39 is 0 Å². The van der Waals surface area contributed by atoms with Gasteiger partial charge in [0, 0.05) is 10.7 Å². The van der Waals surface area contributed by atoms with Gasteiger partial charge in [0.25, 0.3) is 5.91 Å². The fraction of sp³-hybridized carbons (Fsp3) is 0.111. The zero-order chi connectivity index (χ0) is 17.8. The molecule has 0 bridgehead atoms. The number of hydrogen-bond acceptors (Lipinski definition) is 5. The van der Waals surface area contributed by atoms with Gasteiger partial charge in [0.15, 0.2) is 0 Å². The van der Waals surface area contributed by atoms with E-state index in [0.29, 0.717) is 20.9 Å². The second-order valence-corrected chi connectivity index (χ2v) is 7.34. The number of thiocarbonyl (C=S) groups is 1. The van der Waals surface area contributed by atoms with Crippen LogP contribution in [0.4, 0.5) is 5.69 Å². The van der Waals surface area contributed by atoms with E-state index in [1.54, 1.807) is 24.2 Å². The van der Waals surface area contributed by atoms with Crippen LogP contribution in [0.25, 0.3) is 6.08 Å². The Morgan fingerprint density at radius 2 is 2.04 bits per heavy atom. The number of amides is 1. The molecule has 0 atom stereocenters. The molecule has 1 saturated heterocycles. The molecule has 0 radical (unpaired) electrons. The fourth-order valence-corrected chi connectivity index (χ4v) is 3.72. The minimum atomic E-state index is -0.115. The van der Waals surface area contributed by atoms with Crippen molar-refractivity contribution in [2.75, 3.05) is 19.1 Å². The molecule has 1 aliphatic heterocycles. The number of rotatable bonds is 5. The first kappa shape index (κ1) is 17.8. The summed E-state index contributed by atoms with van der Waals surface area (Å²) in [7, 11) is 1.62. The molecular weight excluding hydrogens is 376 g/mol. The standard InChI is InChI=1S/C18H15ClN2O2S2/c1-23-15-7-5-14(6-8-15)20-11-21-17(22)16(25-18(21)24)10-12-3-2-4-13(19)9-12/h2-10,20H,11H2,1H3/b16-10-. The predicted molar refractivity (Wildman–Crippen MR) is 108 cm³/mol. The highest BCUT2D eigenvalue weighted by atomic mass is 35.5. The first-order valence-electron chi connectivity index (χ1n) is 7.45. The molecular formula is C18H15ClN2O2S2. The van der Waals surface area contributed by atoms with E-state index in [0.717, 1.165) is 17.0 Å². The van der Waals surface area contributed by atoms with Crippen molar-refractivity contribution in [3.63, 3.8) is 0 Å². The molecule has 2 aromatic carbocycles. The summed E-state index contributed by atoms with van der Waals surface area (Å²) in [6, 6.07) is 14.8. The average Bonchev–Trinajstić information content (AvgIpc) is 2.87. The van der Waals surface area contributed by atoms with E-state index in [1.165, 1.54) is 11.8 Å². The SMILES string of the molecule is COc1ccc(NCN2C(=O)/C(=C/c3cccc(Cl)c3)SC2=S)cc1. The fourth-order valence-electron chi connectivity index (χ4n) is 2.26. The molecule has 128 valence electrons. The molecule has 0 aliphatic carbocycles. The Hall–Kier alpha value is -2.02. The van der Waals surface area contributed by atoms with Gasteiger partial charge in [0.05, 0.1) is 18.7 Å². The number of nitrogens with one attached hydrogen (secondary N) is 1. The van der Waals surface area contributed by atoms with Crippen molar-refractivity contribution in [1.82, 2.24) is 4.90 Å². The number of nitrogens with zero attached hydrogens (tertiary/aromatic N) is 1. The number of ether oxygens (including phenoxy) is 1. The Morgan fingerprint density at radius 3 is 2.72 bits per heavy atom. The number of methoxy groups -OCH3 is 1. The van der Waals surface area contributed by atoms with Gasteiger partial charge in [-0.3, -0.25) is 9.69 Å². The number of halogens is 1. The van der Waals surface area contributed by atoms with Crippen LogP contribution in [0.2, 0.25) is 5.02 Å². The largest absolute Gasteiger partial charge is 0.497 e. The number of anilines is 1. The Morgan fingerprint density at radius 1 is 1.28 bits per heavy atom. The van der Waals surface area contributed by atoms with Crippen molar-refractivity contribution in [3.8, 4) is 5.75 Å². The summed E-state index contributed by atoms with van der Waals surface area (Å²) >= 11 is 12.6. The second kappa shape index (κ2) is 7.91. The van der Waals surface area contributed by atoms with Crippen molar-refractivity contribution >= 4 is 57.6 Å². The summed E-state index contributed by atoms with van der Waals surface area (Å²) in [5.41, 5.74) is 1.75. The number of benzene rings is 2.